The zero-order valence-corrected chi connectivity index (χ0v) is 12.9. The van der Waals surface area contributed by atoms with Crippen molar-refractivity contribution >= 4 is 35.2 Å². The number of ether oxygens (including phenoxy) is 1. The number of carbonyl (C=O) groups excluding carboxylic acids is 2. The Bertz CT molecular complexity index is 595. The van der Waals surface area contributed by atoms with Crippen LogP contribution in [0.5, 0.6) is 5.75 Å². The van der Waals surface area contributed by atoms with Crippen LogP contribution in [-0.2, 0) is 9.59 Å². The Morgan fingerprint density at radius 3 is 2.50 bits per heavy atom. The summed E-state index contributed by atoms with van der Waals surface area (Å²) in [7, 11) is 1.59. The van der Waals surface area contributed by atoms with Gasteiger partial charge in [0.2, 0.25) is 11.8 Å². The molecule has 1 fully saturated rings. The lowest BCUT2D eigenvalue weighted by Gasteiger charge is -2.08. The van der Waals surface area contributed by atoms with Crippen molar-refractivity contribution in [3.05, 3.63) is 35.9 Å². The van der Waals surface area contributed by atoms with Crippen LogP contribution in [-0.4, -0.2) is 24.0 Å². The van der Waals surface area contributed by atoms with E-state index in [2.05, 4.69) is 16.2 Å². The van der Waals surface area contributed by atoms with E-state index in [4.69, 9.17) is 17.0 Å². The summed E-state index contributed by atoms with van der Waals surface area (Å²) in [6, 6.07) is 7.26. The van der Waals surface area contributed by atoms with Crippen molar-refractivity contribution in [1.82, 2.24) is 16.2 Å². The molecule has 0 bridgehead atoms. The van der Waals surface area contributed by atoms with Crippen molar-refractivity contribution in [3.8, 4) is 5.75 Å². The van der Waals surface area contributed by atoms with E-state index < -0.39 is 0 Å². The molecule has 0 atom stereocenters. The Morgan fingerprint density at radius 1 is 1.23 bits per heavy atom. The second-order valence-corrected chi connectivity index (χ2v) is 5.22. The summed E-state index contributed by atoms with van der Waals surface area (Å²) in [5, 5.41) is 2.50. The number of nitrogens with one attached hydrogen (secondary N) is 3. The number of rotatable bonds is 4. The van der Waals surface area contributed by atoms with E-state index in [9.17, 15) is 9.59 Å². The summed E-state index contributed by atoms with van der Waals surface area (Å²) in [5.41, 5.74) is 5.81. The molecule has 1 aliphatic rings. The van der Waals surface area contributed by atoms with Crippen LogP contribution in [0.4, 0.5) is 0 Å². The second kappa shape index (κ2) is 7.56. The number of amides is 2. The van der Waals surface area contributed by atoms with Crippen LogP contribution in [0, 0.1) is 5.92 Å². The van der Waals surface area contributed by atoms with Crippen molar-refractivity contribution in [2.75, 3.05) is 7.11 Å². The average molecular weight is 319 g/mol. The third kappa shape index (κ3) is 5.17. The van der Waals surface area contributed by atoms with Crippen molar-refractivity contribution in [2.24, 2.45) is 5.92 Å². The van der Waals surface area contributed by atoms with Crippen molar-refractivity contribution in [2.45, 2.75) is 12.8 Å². The molecule has 0 saturated heterocycles. The molecule has 22 heavy (non-hydrogen) atoms. The minimum atomic E-state index is -0.381. The minimum absolute atomic E-state index is 0.0541. The van der Waals surface area contributed by atoms with Crippen molar-refractivity contribution in [3.63, 3.8) is 0 Å². The molecular formula is C15H17N3O3S. The zero-order valence-electron chi connectivity index (χ0n) is 12.1. The Labute approximate surface area is 133 Å². The van der Waals surface area contributed by atoms with Gasteiger partial charge in [-0.2, -0.15) is 0 Å². The van der Waals surface area contributed by atoms with E-state index in [1.54, 1.807) is 25.3 Å². The maximum Gasteiger partial charge on any atom is 0.250 e. The number of hydrazine groups is 1. The summed E-state index contributed by atoms with van der Waals surface area (Å²) < 4.78 is 5.05. The molecule has 3 N–H and O–H groups in total. The molecule has 6 nitrogen and oxygen atoms in total. The van der Waals surface area contributed by atoms with Crippen LogP contribution < -0.4 is 20.9 Å². The summed E-state index contributed by atoms with van der Waals surface area (Å²) in [4.78, 5) is 23.1. The molecule has 0 aliphatic heterocycles. The highest BCUT2D eigenvalue weighted by Crippen LogP contribution is 2.28. The van der Waals surface area contributed by atoms with Crippen LogP contribution in [0.25, 0.3) is 6.08 Å². The number of methoxy groups -OCH3 is 1. The smallest absolute Gasteiger partial charge is 0.250 e. The quantitative estimate of drug-likeness (QED) is 0.441. The second-order valence-electron chi connectivity index (χ2n) is 4.81. The lowest BCUT2D eigenvalue weighted by molar-refractivity contribution is -0.123. The first-order valence-electron chi connectivity index (χ1n) is 6.81. The van der Waals surface area contributed by atoms with Crippen LogP contribution in [0.1, 0.15) is 18.4 Å². The van der Waals surface area contributed by atoms with Gasteiger partial charge in [-0.1, -0.05) is 12.1 Å². The number of hydrogen-bond donors (Lipinski definition) is 3. The van der Waals surface area contributed by atoms with E-state index in [0.717, 1.165) is 24.2 Å². The molecule has 1 aromatic carbocycles. The van der Waals surface area contributed by atoms with Crippen LogP contribution in [0.2, 0.25) is 0 Å². The number of carbonyl (C=O) groups is 2. The molecular weight excluding hydrogens is 302 g/mol. The molecule has 0 spiro atoms. The highest BCUT2D eigenvalue weighted by molar-refractivity contribution is 7.80. The van der Waals surface area contributed by atoms with Crippen LogP contribution >= 0.6 is 12.2 Å². The number of hydrogen-bond acceptors (Lipinski definition) is 4. The van der Waals surface area contributed by atoms with E-state index in [1.165, 1.54) is 6.08 Å². The predicted octanol–water partition coefficient (Wildman–Crippen LogP) is 1.14. The maximum atomic E-state index is 11.7. The van der Waals surface area contributed by atoms with Gasteiger partial charge in [0.1, 0.15) is 5.75 Å². The fourth-order valence-corrected chi connectivity index (χ4v) is 1.79. The lowest BCUT2D eigenvalue weighted by atomic mass is 10.2. The van der Waals surface area contributed by atoms with Gasteiger partial charge in [0, 0.05) is 12.0 Å². The highest BCUT2D eigenvalue weighted by Gasteiger charge is 2.29. The monoisotopic (exact) mass is 319 g/mol. The first kappa shape index (κ1) is 16.0. The third-order valence-corrected chi connectivity index (χ3v) is 3.23. The third-order valence-electron chi connectivity index (χ3n) is 3.03. The Kier molecular flexibility index (Phi) is 5.48. The molecule has 7 heteroatoms. The average Bonchev–Trinajstić information content (AvgIpc) is 3.36. The molecule has 0 heterocycles. The Morgan fingerprint density at radius 2 is 1.91 bits per heavy atom. The molecule has 0 aromatic heterocycles. The van der Waals surface area contributed by atoms with Crippen molar-refractivity contribution < 1.29 is 14.3 Å². The van der Waals surface area contributed by atoms with Crippen molar-refractivity contribution in [1.29, 1.82) is 0 Å². The van der Waals surface area contributed by atoms with Crippen LogP contribution in [0.3, 0.4) is 0 Å². The molecule has 2 amide bonds. The van der Waals surface area contributed by atoms with Gasteiger partial charge in [0.15, 0.2) is 5.11 Å². The fourth-order valence-electron chi connectivity index (χ4n) is 1.64. The van der Waals surface area contributed by atoms with E-state index in [-0.39, 0.29) is 22.8 Å². The van der Waals surface area contributed by atoms with E-state index in [0.29, 0.717) is 0 Å². The van der Waals surface area contributed by atoms with Gasteiger partial charge in [0.25, 0.3) is 0 Å². The largest absolute Gasteiger partial charge is 0.497 e. The van der Waals surface area contributed by atoms with Gasteiger partial charge in [-0.25, -0.2) is 0 Å². The number of thiocarbonyl (C=S) groups is 1. The van der Waals surface area contributed by atoms with Gasteiger partial charge in [-0.3, -0.25) is 25.8 Å². The first-order valence-corrected chi connectivity index (χ1v) is 7.22. The highest BCUT2D eigenvalue weighted by atomic mass is 32.1. The number of benzene rings is 1. The summed E-state index contributed by atoms with van der Waals surface area (Å²) in [5.74, 6) is 0.332. The molecule has 1 saturated carbocycles. The molecule has 0 radical (unpaired) electrons. The summed E-state index contributed by atoms with van der Waals surface area (Å²) in [6.45, 7) is 0. The minimum Gasteiger partial charge on any atom is -0.497 e. The summed E-state index contributed by atoms with van der Waals surface area (Å²) in [6.07, 6.45) is 4.81. The van der Waals surface area contributed by atoms with Gasteiger partial charge in [-0.05, 0) is 48.8 Å². The normalized spacial score (nSPS) is 13.5. The molecule has 2 rings (SSSR count). The van der Waals surface area contributed by atoms with Crippen LogP contribution in [0.15, 0.2) is 30.3 Å². The predicted molar refractivity (Wildman–Crippen MR) is 86.8 cm³/mol. The van der Waals surface area contributed by atoms with Gasteiger partial charge in [0.05, 0.1) is 7.11 Å². The Balaban J connectivity index is 1.74. The topological polar surface area (TPSA) is 79.5 Å². The molecule has 116 valence electrons. The molecule has 1 aliphatic carbocycles. The maximum absolute atomic E-state index is 11.7. The lowest BCUT2D eigenvalue weighted by Crippen LogP contribution is -2.48. The summed E-state index contributed by atoms with van der Waals surface area (Å²) >= 11 is 4.91. The Hall–Kier alpha value is -2.41. The van der Waals surface area contributed by atoms with Gasteiger partial charge in [-0.15, -0.1) is 0 Å². The fraction of sp³-hybridized carbons (Fsp3) is 0.267. The van der Waals surface area contributed by atoms with Gasteiger partial charge >= 0.3 is 0 Å². The standard InChI is InChI=1S/C15H17N3O3S/c1-21-12-7-2-10(3-8-12)4-9-13(19)16-15(22)18-17-14(20)11-5-6-11/h2-4,7-9,11H,5-6H2,1H3,(H,17,20)(H2,16,18,19,22)/b9-4+. The zero-order chi connectivity index (χ0) is 15.9. The van der Waals surface area contributed by atoms with Gasteiger partial charge < -0.3 is 4.74 Å². The van der Waals surface area contributed by atoms with E-state index in [1.807, 2.05) is 12.1 Å². The first-order chi connectivity index (χ1) is 10.6. The van der Waals surface area contributed by atoms with E-state index >= 15 is 0 Å². The molecule has 0 unspecified atom stereocenters. The SMILES string of the molecule is COc1ccc(/C=C/C(=O)NC(=S)NNC(=O)C2CC2)cc1. The molecule has 1 aromatic rings.